The molecule has 0 saturated carbocycles. The van der Waals surface area contributed by atoms with E-state index < -0.39 is 12.1 Å². The highest BCUT2D eigenvalue weighted by atomic mass is 19.1. The lowest BCUT2D eigenvalue weighted by Crippen LogP contribution is -2.41. The molecule has 1 aliphatic heterocycles. The topological polar surface area (TPSA) is 58.6 Å². The van der Waals surface area contributed by atoms with E-state index in [1.54, 1.807) is 25.1 Å². The molecule has 37 heavy (non-hydrogen) atoms. The lowest BCUT2D eigenvalue weighted by molar-refractivity contribution is -0.134. The van der Waals surface area contributed by atoms with Crippen LogP contribution >= 0.6 is 0 Å². The normalized spacial score (nSPS) is 15.7. The van der Waals surface area contributed by atoms with E-state index in [1.165, 1.54) is 24.3 Å². The van der Waals surface area contributed by atoms with Crippen LogP contribution in [0, 0.1) is 17.6 Å². The van der Waals surface area contributed by atoms with Gasteiger partial charge in [-0.3, -0.25) is 9.59 Å². The van der Waals surface area contributed by atoms with Gasteiger partial charge in [0, 0.05) is 19.5 Å². The van der Waals surface area contributed by atoms with Gasteiger partial charge in [-0.2, -0.15) is 0 Å². The molecule has 0 aromatic heterocycles. The molecule has 0 bridgehead atoms. The summed E-state index contributed by atoms with van der Waals surface area (Å²) in [5, 5.41) is 2.76. The fourth-order valence-electron chi connectivity index (χ4n) is 4.68. The Kier molecular flexibility index (Phi) is 8.21. The van der Waals surface area contributed by atoms with Crippen molar-refractivity contribution in [1.82, 2.24) is 10.2 Å². The maximum absolute atomic E-state index is 14.2. The summed E-state index contributed by atoms with van der Waals surface area (Å²) in [6.45, 7) is 6.37. The first-order chi connectivity index (χ1) is 17.7. The van der Waals surface area contributed by atoms with Gasteiger partial charge >= 0.3 is 0 Å². The van der Waals surface area contributed by atoms with E-state index in [2.05, 4.69) is 5.32 Å². The summed E-state index contributed by atoms with van der Waals surface area (Å²) < 4.78 is 33.6. The van der Waals surface area contributed by atoms with Crippen LogP contribution in [0.3, 0.4) is 0 Å². The zero-order valence-corrected chi connectivity index (χ0v) is 21.3. The van der Waals surface area contributed by atoms with Crippen LogP contribution in [0.1, 0.15) is 55.5 Å². The number of carbonyl (C=O) groups is 2. The van der Waals surface area contributed by atoms with Crippen molar-refractivity contribution in [2.45, 2.75) is 52.3 Å². The van der Waals surface area contributed by atoms with Crippen molar-refractivity contribution in [3.63, 3.8) is 0 Å². The molecule has 0 spiro atoms. The molecule has 3 aromatic carbocycles. The van der Waals surface area contributed by atoms with Crippen LogP contribution in [0.2, 0.25) is 0 Å². The molecule has 7 heteroatoms. The Morgan fingerprint density at radius 2 is 1.73 bits per heavy atom. The van der Waals surface area contributed by atoms with E-state index in [4.69, 9.17) is 4.74 Å². The Hall–Kier alpha value is -3.74. The summed E-state index contributed by atoms with van der Waals surface area (Å²) >= 11 is 0. The predicted octanol–water partition coefficient (Wildman–Crippen LogP) is 5.57. The molecule has 2 amide bonds. The van der Waals surface area contributed by atoms with Gasteiger partial charge in [0.1, 0.15) is 17.4 Å². The van der Waals surface area contributed by atoms with Crippen LogP contribution in [0.15, 0.2) is 66.7 Å². The van der Waals surface area contributed by atoms with Crippen LogP contribution in [-0.2, 0) is 22.6 Å². The number of ether oxygens (including phenoxy) is 1. The Morgan fingerprint density at radius 1 is 1.00 bits per heavy atom. The Balaban J connectivity index is 1.56. The number of rotatable bonds is 8. The highest BCUT2D eigenvalue weighted by Crippen LogP contribution is 2.38. The molecule has 194 valence electrons. The minimum atomic E-state index is -0.804. The molecular weight excluding hydrogens is 474 g/mol. The second kappa shape index (κ2) is 11.5. The highest BCUT2D eigenvalue weighted by molar-refractivity contribution is 5.80. The largest absolute Gasteiger partial charge is 0.481 e. The summed E-state index contributed by atoms with van der Waals surface area (Å²) in [7, 11) is 0. The van der Waals surface area contributed by atoms with Gasteiger partial charge in [-0.05, 0) is 77.9 Å². The van der Waals surface area contributed by atoms with Gasteiger partial charge in [-0.1, -0.05) is 44.2 Å². The van der Waals surface area contributed by atoms with Crippen LogP contribution in [0.4, 0.5) is 8.78 Å². The minimum absolute atomic E-state index is 0.0197. The molecular formula is C30H32F2N2O3. The second-order valence-corrected chi connectivity index (χ2v) is 9.86. The summed E-state index contributed by atoms with van der Waals surface area (Å²) in [6.07, 6.45) is 0.274. The van der Waals surface area contributed by atoms with Gasteiger partial charge in [0.25, 0.3) is 5.91 Å². The van der Waals surface area contributed by atoms with Crippen molar-refractivity contribution in [2.24, 2.45) is 5.92 Å². The molecule has 5 nitrogen and oxygen atoms in total. The summed E-state index contributed by atoms with van der Waals surface area (Å²) in [5.74, 6) is -0.366. The van der Waals surface area contributed by atoms with E-state index in [0.717, 1.165) is 11.1 Å². The number of nitrogens with zero attached hydrogens (tertiary/aromatic N) is 1. The number of amides is 2. The summed E-state index contributed by atoms with van der Waals surface area (Å²) in [5.41, 5.74) is 3.26. The van der Waals surface area contributed by atoms with Crippen molar-refractivity contribution in [2.75, 3.05) is 6.54 Å². The van der Waals surface area contributed by atoms with E-state index >= 15 is 0 Å². The van der Waals surface area contributed by atoms with Crippen LogP contribution in [0.25, 0.3) is 0 Å². The molecule has 3 aromatic rings. The number of hydrogen-bond donors (Lipinski definition) is 1. The Labute approximate surface area is 216 Å². The highest BCUT2D eigenvalue weighted by Gasteiger charge is 2.33. The first-order valence-electron chi connectivity index (χ1n) is 12.6. The van der Waals surface area contributed by atoms with Gasteiger partial charge < -0.3 is 15.0 Å². The van der Waals surface area contributed by atoms with Crippen molar-refractivity contribution in [3.05, 3.63) is 101 Å². The number of benzene rings is 3. The molecule has 1 N–H and O–H groups in total. The maximum Gasteiger partial charge on any atom is 0.261 e. The van der Waals surface area contributed by atoms with Crippen LogP contribution in [0.5, 0.6) is 5.75 Å². The van der Waals surface area contributed by atoms with Gasteiger partial charge in [0.2, 0.25) is 5.91 Å². The predicted molar refractivity (Wildman–Crippen MR) is 138 cm³/mol. The SMILES string of the molecule is CC(C)CC(=O)N1CCc2ccc(O[C@@H](C)C(=O)NCc3cccc(F)c3)cc2[C@H]1c1cccc(F)c1. The van der Waals surface area contributed by atoms with Gasteiger partial charge in [0.15, 0.2) is 6.10 Å². The molecule has 4 rings (SSSR count). The monoisotopic (exact) mass is 506 g/mol. The first-order valence-corrected chi connectivity index (χ1v) is 12.6. The third-order valence-corrected chi connectivity index (χ3v) is 6.45. The minimum Gasteiger partial charge on any atom is -0.481 e. The zero-order valence-electron chi connectivity index (χ0n) is 21.3. The van der Waals surface area contributed by atoms with Gasteiger partial charge in [-0.15, -0.1) is 0 Å². The lowest BCUT2D eigenvalue weighted by atomic mass is 9.87. The third kappa shape index (κ3) is 6.53. The van der Waals surface area contributed by atoms with E-state index in [-0.39, 0.29) is 35.9 Å². The number of carbonyl (C=O) groups excluding carboxylic acids is 2. The van der Waals surface area contributed by atoms with E-state index in [1.807, 2.05) is 43.0 Å². The molecule has 0 saturated heterocycles. The Morgan fingerprint density at radius 3 is 2.43 bits per heavy atom. The molecule has 0 aliphatic carbocycles. The average molecular weight is 507 g/mol. The Bertz CT molecular complexity index is 1280. The van der Waals surface area contributed by atoms with E-state index in [0.29, 0.717) is 36.3 Å². The molecule has 0 unspecified atom stereocenters. The second-order valence-electron chi connectivity index (χ2n) is 9.86. The summed E-state index contributed by atoms with van der Waals surface area (Å²) in [4.78, 5) is 27.6. The van der Waals surface area contributed by atoms with E-state index in [9.17, 15) is 18.4 Å². The van der Waals surface area contributed by atoms with Crippen molar-refractivity contribution in [3.8, 4) is 5.75 Å². The van der Waals surface area contributed by atoms with Crippen molar-refractivity contribution < 1.29 is 23.1 Å². The van der Waals surface area contributed by atoms with Crippen molar-refractivity contribution in [1.29, 1.82) is 0 Å². The third-order valence-electron chi connectivity index (χ3n) is 6.45. The van der Waals surface area contributed by atoms with Crippen LogP contribution < -0.4 is 10.1 Å². The molecule has 0 radical (unpaired) electrons. The van der Waals surface area contributed by atoms with Gasteiger partial charge in [0.05, 0.1) is 6.04 Å². The number of fused-ring (bicyclic) bond motifs is 1. The molecule has 1 heterocycles. The number of nitrogens with one attached hydrogen (secondary N) is 1. The summed E-state index contributed by atoms with van der Waals surface area (Å²) in [6, 6.07) is 17.5. The zero-order chi connectivity index (χ0) is 26.5. The standard InChI is InChI=1S/C30H32F2N2O3/c1-19(2)14-28(35)34-13-12-22-10-11-26(17-27(22)29(34)23-7-5-9-25(32)16-23)37-20(3)30(36)33-18-21-6-4-8-24(31)15-21/h4-11,15-17,19-20,29H,12-14,18H2,1-3H3,(H,33,36)/t20-,29+/m0/s1. The average Bonchev–Trinajstić information content (AvgIpc) is 2.86. The molecule has 0 fully saturated rings. The molecule has 1 aliphatic rings. The number of hydrogen-bond acceptors (Lipinski definition) is 3. The quantitative estimate of drug-likeness (QED) is 0.435. The van der Waals surface area contributed by atoms with Gasteiger partial charge in [-0.25, -0.2) is 8.78 Å². The van der Waals surface area contributed by atoms with Crippen molar-refractivity contribution >= 4 is 11.8 Å². The lowest BCUT2D eigenvalue weighted by Gasteiger charge is -2.38. The number of halogens is 2. The molecule has 2 atom stereocenters. The van der Waals surface area contributed by atoms with Crippen LogP contribution in [-0.4, -0.2) is 29.4 Å². The fraction of sp³-hybridized carbons (Fsp3) is 0.333. The first kappa shape index (κ1) is 26.3. The smallest absolute Gasteiger partial charge is 0.261 e. The fourth-order valence-corrected chi connectivity index (χ4v) is 4.68. The maximum atomic E-state index is 14.2.